The van der Waals surface area contributed by atoms with Crippen LogP contribution in [-0.4, -0.2) is 53.6 Å². The minimum Gasteiger partial charge on any atom is -0.378 e. The van der Waals surface area contributed by atoms with Gasteiger partial charge < -0.3 is 14.4 Å². The van der Waals surface area contributed by atoms with Crippen molar-refractivity contribution < 1.29 is 14.3 Å². The summed E-state index contributed by atoms with van der Waals surface area (Å²) in [5, 5.41) is 0.770. The highest BCUT2D eigenvalue weighted by atomic mass is 79.9. The van der Waals surface area contributed by atoms with E-state index in [4.69, 9.17) is 9.47 Å². The highest BCUT2D eigenvalue weighted by Gasteiger charge is 2.35. The first-order valence-corrected chi connectivity index (χ1v) is 8.75. The maximum absolute atomic E-state index is 12.4. The summed E-state index contributed by atoms with van der Waals surface area (Å²) in [7, 11) is 0. The van der Waals surface area contributed by atoms with Crippen LogP contribution in [0.15, 0.2) is 0 Å². The minimum atomic E-state index is -0.256. The third kappa shape index (κ3) is 4.71. The molecule has 2 aliphatic heterocycles. The smallest absolute Gasteiger partial charge is 0.222 e. The predicted octanol–water partition coefficient (Wildman–Crippen LogP) is 2.74. The molecule has 1 amide bonds. The molecule has 0 bridgehead atoms. The number of amides is 1. The van der Waals surface area contributed by atoms with Gasteiger partial charge in [-0.05, 0) is 39.5 Å². The molecule has 0 saturated carbocycles. The zero-order valence-electron chi connectivity index (χ0n) is 12.6. The van der Waals surface area contributed by atoms with Gasteiger partial charge in [0.25, 0.3) is 0 Å². The molecule has 2 atom stereocenters. The molecule has 0 spiro atoms. The summed E-state index contributed by atoms with van der Waals surface area (Å²) in [6.07, 6.45) is 5.32. The van der Waals surface area contributed by atoms with Crippen molar-refractivity contribution in [1.82, 2.24) is 4.90 Å². The Bertz CT molecular complexity index is 329. The van der Waals surface area contributed by atoms with E-state index in [0.29, 0.717) is 19.5 Å². The second-order valence-corrected chi connectivity index (χ2v) is 7.10. The Balaban J connectivity index is 1.81. The number of carbonyl (C=O) groups is 1. The molecule has 0 N–H and O–H groups in total. The van der Waals surface area contributed by atoms with E-state index in [1.165, 1.54) is 6.42 Å². The van der Waals surface area contributed by atoms with Crippen LogP contribution in [0.4, 0.5) is 0 Å². The van der Waals surface area contributed by atoms with Crippen LogP contribution < -0.4 is 0 Å². The number of carbonyl (C=O) groups excluding carboxylic acids is 1. The van der Waals surface area contributed by atoms with Gasteiger partial charge in [-0.1, -0.05) is 15.9 Å². The van der Waals surface area contributed by atoms with Crippen LogP contribution in [0.25, 0.3) is 0 Å². The van der Waals surface area contributed by atoms with Crippen LogP contribution in [-0.2, 0) is 14.3 Å². The molecule has 2 rings (SSSR count). The molecule has 2 aliphatic rings. The summed E-state index contributed by atoms with van der Waals surface area (Å²) in [4.78, 5) is 14.3. The summed E-state index contributed by atoms with van der Waals surface area (Å²) in [6.45, 7) is 6.33. The molecule has 2 heterocycles. The maximum atomic E-state index is 12.4. The van der Waals surface area contributed by atoms with Crippen molar-refractivity contribution in [3.8, 4) is 0 Å². The standard InChI is InChI=1S/C15H26BrNO3/c1-15(2)11-17(10-13(9-16)20-15)14(18)7-6-12-5-3-4-8-19-12/h12-13H,3-11H2,1-2H3. The number of morpholine rings is 1. The van der Waals surface area contributed by atoms with Gasteiger partial charge in [-0.2, -0.15) is 0 Å². The SMILES string of the molecule is CC1(C)CN(C(=O)CCC2CCCCO2)CC(CBr)O1. The van der Waals surface area contributed by atoms with Crippen molar-refractivity contribution in [2.45, 2.75) is 63.8 Å². The van der Waals surface area contributed by atoms with Gasteiger partial charge in [0.2, 0.25) is 5.91 Å². The van der Waals surface area contributed by atoms with E-state index in [-0.39, 0.29) is 23.7 Å². The molecule has 0 aromatic heterocycles. The normalized spacial score (nSPS) is 30.2. The molecule has 0 aromatic carbocycles. The third-order valence-electron chi connectivity index (χ3n) is 3.96. The molecular weight excluding hydrogens is 322 g/mol. The zero-order chi connectivity index (χ0) is 14.6. The van der Waals surface area contributed by atoms with E-state index < -0.39 is 0 Å². The highest BCUT2D eigenvalue weighted by Crippen LogP contribution is 2.24. The molecular formula is C15H26BrNO3. The van der Waals surface area contributed by atoms with Gasteiger partial charge in [0.1, 0.15) is 0 Å². The number of hydrogen-bond donors (Lipinski definition) is 0. The Kier molecular flexibility index (Phi) is 5.87. The molecule has 0 aromatic rings. The second-order valence-electron chi connectivity index (χ2n) is 6.46. The number of ether oxygens (including phenoxy) is 2. The number of hydrogen-bond acceptors (Lipinski definition) is 3. The summed E-state index contributed by atoms with van der Waals surface area (Å²) in [5.41, 5.74) is -0.256. The molecule has 2 fully saturated rings. The van der Waals surface area contributed by atoms with Crippen LogP contribution >= 0.6 is 15.9 Å². The molecule has 20 heavy (non-hydrogen) atoms. The summed E-state index contributed by atoms with van der Waals surface area (Å²) in [6, 6.07) is 0. The fourth-order valence-corrected chi connectivity index (χ4v) is 3.38. The van der Waals surface area contributed by atoms with Crippen molar-refractivity contribution in [2.75, 3.05) is 25.0 Å². The zero-order valence-corrected chi connectivity index (χ0v) is 14.2. The van der Waals surface area contributed by atoms with Gasteiger partial charge in [-0.3, -0.25) is 4.79 Å². The molecule has 0 radical (unpaired) electrons. The molecule has 4 nitrogen and oxygen atoms in total. The molecule has 5 heteroatoms. The van der Waals surface area contributed by atoms with Crippen LogP contribution in [0.2, 0.25) is 0 Å². The van der Waals surface area contributed by atoms with Crippen molar-refractivity contribution >= 4 is 21.8 Å². The number of nitrogens with zero attached hydrogens (tertiary/aromatic N) is 1. The van der Waals surface area contributed by atoms with E-state index in [0.717, 1.165) is 31.2 Å². The minimum absolute atomic E-state index is 0.0913. The van der Waals surface area contributed by atoms with E-state index in [1.807, 2.05) is 18.7 Å². The Morgan fingerprint density at radius 3 is 2.80 bits per heavy atom. The van der Waals surface area contributed by atoms with Crippen molar-refractivity contribution in [3.63, 3.8) is 0 Å². The van der Waals surface area contributed by atoms with Gasteiger partial charge >= 0.3 is 0 Å². The number of halogens is 1. The van der Waals surface area contributed by atoms with Crippen molar-refractivity contribution in [2.24, 2.45) is 0 Å². The highest BCUT2D eigenvalue weighted by molar-refractivity contribution is 9.09. The Hall–Kier alpha value is -0.130. The van der Waals surface area contributed by atoms with Gasteiger partial charge in [0.15, 0.2) is 0 Å². The van der Waals surface area contributed by atoms with E-state index >= 15 is 0 Å². The third-order valence-corrected chi connectivity index (χ3v) is 4.68. The van der Waals surface area contributed by atoms with Crippen LogP contribution in [0.5, 0.6) is 0 Å². The van der Waals surface area contributed by atoms with Crippen LogP contribution in [0.1, 0.15) is 46.0 Å². The van der Waals surface area contributed by atoms with Gasteiger partial charge in [0.05, 0.1) is 17.8 Å². The summed E-state index contributed by atoms with van der Waals surface area (Å²) in [5.74, 6) is 0.237. The Labute approximate surface area is 130 Å². The first-order valence-electron chi connectivity index (χ1n) is 7.63. The lowest BCUT2D eigenvalue weighted by Gasteiger charge is -2.42. The van der Waals surface area contributed by atoms with Gasteiger partial charge in [0, 0.05) is 31.4 Å². The monoisotopic (exact) mass is 347 g/mol. The summed E-state index contributed by atoms with van der Waals surface area (Å²) < 4.78 is 11.6. The van der Waals surface area contributed by atoms with Crippen LogP contribution in [0, 0.1) is 0 Å². The maximum Gasteiger partial charge on any atom is 0.222 e. The molecule has 0 aliphatic carbocycles. The second kappa shape index (κ2) is 7.23. The molecule has 2 unspecified atom stereocenters. The topological polar surface area (TPSA) is 38.8 Å². The lowest BCUT2D eigenvalue weighted by atomic mass is 10.0. The average molecular weight is 348 g/mol. The lowest BCUT2D eigenvalue weighted by molar-refractivity contribution is -0.157. The first kappa shape index (κ1) is 16.2. The predicted molar refractivity (Wildman–Crippen MR) is 82.2 cm³/mol. The van der Waals surface area contributed by atoms with Gasteiger partial charge in [-0.15, -0.1) is 0 Å². The quantitative estimate of drug-likeness (QED) is 0.734. The number of alkyl halides is 1. The molecule has 116 valence electrons. The molecule has 2 saturated heterocycles. The first-order chi connectivity index (χ1) is 9.50. The number of rotatable bonds is 4. The van der Waals surface area contributed by atoms with E-state index in [1.54, 1.807) is 0 Å². The average Bonchev–Trinajstić information content (AvgIpc) is 2.44. The van der Waals surface area contributed by atoms with E-state index in [2.05, 4.69) is 15.9 Å². The van der Waals surface area contributed by atoms with E-state index in [9.17, 15) is 4.79 Å². The van der Waals surface area contributed by atoms with Gasteiger partial charge in [-0.25, -0.2) is 0 Å². The lowest BCUT2D eigenvalue weighted by Crippen LogP contribution is -2.55. The van der Waals surface area contributed by atoms with Crippen LogP contribution in [0.3, 0.4) is 0 Å². The summed E-state index contributed by atoms with van der Waals surface area (Å²) >= 11 is 3.46. The van der Waals surface area contributed by atoms with Crippen molar-refractivity contribution in [1.29, 1.82) is 0 Å². The Morgan fingerprint density at radius 2 is 2.15 bits per heavy atom. The fraction of sp³-hybridized carbons (Fsp3) is 0.933. The fourth-order valence-electron chi connectivity index (χ4n) is 3.04. The van der Waals surface area contributed by atoms with Crippen molar-refractivity contribution in [3.05, 3.63) is 0 Å². The Morgan fingerprint density at radius 1 is 1.35 bits per heavy atom. The largest absolute Gasteiger partial charge is 0.378 e.